The van der Waals surface area contributed by atoms with Gasteiger partial charge in [0.1, 0.15) is 18.7 Å². The second-order valence-corrected chi connectivity index (χ2v) is 6.29. The van der Waals surface area contributed by atoms with Crippen molar-refractivity contribution < 1.29 is 19.1 Å². The van der Waals surface area contributed by atoms with Crippen LogP contribution in [0.4, 0.5) is 0 Å². The molecule has 0 aromatic heterocycles. The number of rotatable bonds is 3. The van der Waals surface area contributed by atoms with Crippen LogP contribution in [0.2, 0.25) is 5.02 Å². The highest BCUT2D eigenvalue weighted by molar-refractivity contribution is 6.30. The zero-order chi connectivity index (χ0) is 16.6. The number of carbonyl (C=O) groups excluding carboxylic acids is 3. The molecule has 2 aliphatic heterocycles. The normalized spacial score (nSPS) is 23.9. The van der Waals surface area contributed by atoms with Gasteiger partial charge in [-0.3, -0.25) is 14.4 Å². The zero-order valence-electron chi connectivity index (χ0n) is 12.7. The second kappa shape index (κ2) is 6.20. The van der Waals surface area contributed by atoms with Crippen molar-refractivity contribution in [2.24, 2.45) is 0 Å². The molecule has 0 saturated carbocycles. The van der Waals surface area contributed by atoms with Crippen LogP contribution < -0.4 is 0 Å². The number of carbonyl (C=O) groups is 3. The topological polar surface area (TPSA) is 66.9 Å². The largest absolute Gasteiger partial charge is 0.461 e. The molecule has 0 radical (unpaired) electrons. The minimum atomic E-state index is -0.534. The molecule has 2 saturated heterocycles. The summed E-state index contributed by atoms with van der Waals surface area (Å²) in [5.74, 6) is -0.611. The lowest BCUT2D eigenvalue weighted by atomic mass is 10.1. The zero-order valence-corrected chi connectivity index (χ0v) is 13.5. The Bertz CT molecular complexity index is 646. The summed E-state index contributed by atoms with van der Waals surface area (Å²) in [5, 5.41) is 0.626. The average molecular weight is 337 g/mol. The predicted molar refractivity (Wildman–Crippen MR) is 82.5 cm³/mol. The molecule has 0 N–H and O–H groups in total. The van der Waals surface area contributed by atoms with Crippen molar-refractivity contribution in [2.45, 2.75) is 32.0 Å². The molecular formula is C16H17ClN2O4. The van der Waals surface area contributed by atoms with E-state index in [1.165, 1.54) is 11.8 Å². The first kappa shape index (κ1) is 15.8. The van der Waals surface area contributed by atoms with Crippen molar-refractivity contribution in [2.75, 3.05) is 13.1 Å². The summed E-state index contributed by atoms with van der Waals surface area (Å²) in [6, 6.07) is 6.65. The van der Waals surface area contributed by atoms with Crippen LogP contribution >= 0.6 is 11.6 Å². The summed E-state index contributed by atoms with van der Waals surface area (Å²) in [6.07, 6.45) is -0.0396. The van der Waals surface area contributed by atoms with Crippen molar-refractivity contribution >= 4 is 29.4 Å². The second-order valence-electron chi connectivity index (χ2n) is 5.85. The molecule has 6 nitrogen and oxygen atoms in total. The van der Waals surface area contributed by atoms with E-state index in [9.17, 15) is 14.4 Å². The molecule has 1 aromatic rings. The summed E-state index contributed by atoms with van der Waals surface area (Å²) in [7, 11) is 0. The number of fused-ring (bicyclic) bond motifs is 1. The molecular weight excluding hydrogens is 320 g/mol. The van der Waals surface area contributed by atoms with Crippen LogP contribution in [-0.4, -0.2) is 52.8 Å². The minimum Gasteiger partial charge on any atom is -0.461 e. The Hall–Kier alpha value is -2.08. The van der Waals surface area contributed by atoms with Gasteiger partial charge in [0.25, 0.3) is 0 Å². The molecule has 2 amide bonds. The summed E-state index contributed by atoms with van der Waals surface area (Å²) >= 11 is 5.85. The smallest absolute Gasteiger partial charge is 0.302 e. The van der Waals surface area contributed by atoms with E-state index in [4.69, 9.17) is 16.3 Å². The molecule has 2 atom stereocenters. The fraction of sp³-hybridized carbons (Fsp3) is 0.438. The van der Waals surface area contributed by atoms with Gasteiger partial charge in [-0.15, -0.1) is 0 Å². The summed E-state index contributed by atoms with van der Waals surface area (Å²) in [4.78, 5) is 39.0. The lowest BCUT2D eigenvalue weighted by Crippen LogP contribution is -2.56. The fourth-order valence-corrected chi connectivity index (χ4v) is 3.24. The van der Waals surface area contributed by atoms with Crippen molar-refractivity contribution in [3.63, 3.8) is 0 Å². The number of amides is 2. The molecule has 3 rings (SSSR count). The van der Waals surface area contributed by atoms with Gasteiger partial charge in [-0.1, -0.05) is 23.7 Å². The minimum absolute atomic E-state index is 0.0464. The molecule has 2 aliphatic rings. The molecule has 7 heteroatoms. The number of nitrogens with zero attached hydrogens (tertiary/aromatic N) is 2. The van der Waals surface area contributed by atoms with Gasteiger partial charge in [0.15, 0.2) is 0 Å². The molecule has 0 aliphatic carbocycles. The Labute approximate surface area is 138 Å². The Morgan fingerprint density at radius 3 is 2.65 bits per heavy atom. The van der Waals surface area contributed by atoms with E-state index in [0.717, 1.165) is 5.56 Å². The first-order chi connectivity index (χ1) is 10.9. The van der Waals surface area contributed by atoms with Crippen molar-refractivity contribution in [3.05, 3.63) is 34.9 Å². The van der Waals surface area contributed by atoms with Gasteiger partial charge in [0, 0.05) is 24.9 Å². The number of esters is 1. The first-order valence-electron chi connectivity index (χ1n) is 7.44. The molecule has 122 valence electrons. The van der Waals surface area contributed by atoms with Crippen molar-refractivity contribution in [1.29, 1.82) is 0 Å². The van der Waals surface area contributed by atoms with E-state index in [0.29, 0.717) is 24.5 Å². The van der Waals surface area contributed by atoms with Crippen LogP contribution in [0.15, 0.2) is 24.3 Å². The number of piperazine rings is 1. The lowest BCUT2D eigenvalue weighted by Gasteiger charge is -2.36. The molecule has 2 heterocycles. The third-order valence-electron chi connectivity index (χ3n) is 4.13. The maximum absolute atomic E-state index is 12.6. The van der Waals surface area contributed by atoms with Gasteiger partial charge in [-0.2, -0.15) is 0 Å². The molecule has 2 unspecified atom stereocenters. The average Bonchev–Trinajstić information content (AvgIpc) is 2.90. The Balaban J connectivity index is 1.71. The lowest BCUT2D eigenvalue weighted by molar-refractivity contribution is -0.154. The Kier molecular flexibility index (Phi) is 4.26. The SMILES string of the molecule is CC(=O)OC1CC2C(=O)N(Cc3ccc(Cl)cc3)CC(=O)N2C1. The van der Waals surface area contributed by atoms with Gasteiger partial charge in [0.2, 0.25) is 11.8 Å². The van der Waals surface area contributed by atoms with E-state index in [-0.39, 0.29) is 18.4 Å². The highest BCUT2D eigenvalue weighted by Crippen LogP contribution is 2.27. The third-order valence-corrected chi connectivity index (χ3v) is 4.38. The summed E-state index contributed by atoms with van der Waals surface area (Å²) in [6.45, 7) is 2.03. The van der Waals surface area contributed by atoms with Crippen LogP contribution in [0.3, 0.4) is 0 Å². The van der Waals surface area contributed by atoms with Gasteiger partial charge in [-0.25, -0.2) is 0 Å². The number of ether oxygens (including phenoxy) is 1. The van der Waals surface area contributed by atoms with E-state index in [1.54, 1.807) is 17.0 Å². The molecule has 0 spiro atoms. The quantitative estimate of drug-likeness (QED) is 0.778. The summed E-state index contributed by atoms with van der Waals surface area (Å²) in [5.41, 5.74) is 0.915. The fourth-order valence-electron chi connectivity index (χ4n) is 3.11. The van der Waals surface area contributed by atoms with E-state index in [2.05, 4.69) is 0 Å². The molecule has 2 fully saturated rings. The number of hydrogen-bond acceptors (Lipinski definition) is 4. The Morgan fingerprint density at radius 2 is 2.00 bits per heavy atom. The third kappa shape index (κ3) is 3.32. The maximum atomic E-state index is 12.6. The van der Waals surface area contributed by atoms with Crippen LogP contribution in [0.5, 0.6) is 0 Å². The number of benzene rings is 1. The molecule has 23 heavy (non-hydrogen) atoms. The number of halogens is 1. The standard InChI is InChI=1S/C16H17ClN2O4/c1-10(20)23-13-6-14-16(22)18(9-15(21)19(14)8-13)7-11-2-4-12(17)5-3-11/h2-5,13-14H,6-9H2,1H3. The molecule has 0 bridgehead atoms. The molecule has 1 aromatic carbocycles. The Morgan fingerprint density at radius 1 is 1.30 bits per heavy atom. The van der Waals surface area contributed by atoms with Crippen LogP contribution in [-0.2, 0) is 25.7 Å². The van der Waals surface area contributed by atoms with E-state index >= 15 is 0 Å². The predicted octanol–water partition coefficient (Wildman–Crippen LogP) is 1.21. The van der Waals surface area contributed by atoms with Crippen molar-refractivity contribution in [1.82, 2.24) is 9.80 Å². The van der Waals surface area contributed by atoms with Gasteiger partial charge < -0.3 is 14.5 Å². The monoisotopic (exact) mass is 336 g/mol. The van der Waals surface area contributed by atoms with Crippen molar-refractivity contribution in [3.8, 4) is 0 Å². The maximum Gasteiger partial charge on any atom is 0.302 e. The van der Waals surface area contributed by atoms with Crippen LogP contribution in [0, 0.1) is 0 Å². The van der Waals surface area contributed by atoms with Gasteiger partial charge in [0.05, 0.1) is 6.54 Å². The summed E-state index contributed by atoms with van der Waals surface area (Å²) < 4.78 is 5.15. The van der Waals surface area contributed by atoms with Gasteiger partial charge in [-0.05, 0) is 17.7 Å². The highest BCUT2D eigenvalue weighted by atomic mass is 35.5. The number of hydrogen-bond donors (Lipinski definition) is 0. The highest BCUT2D eigenvalue weighted by Gasteiger charge is 2.46. The van der Waals surface area contributed by atoms with Gasteiger partial charge >= 0.3 is 5.97 Å². The van der Waals surface area contributed by atoms with E-state index < -0.39 is 18.1 Å². The first-order valence-corrected chi connectivity index (χ1v) is 7.82. The van der Waals surface area contributed by atoms with Crippen LogP contribution in [0.1, 0.15) is 18.9 Å². The van der Waals surface area contributed by atoms with E-state index in [1.807, 2.05) is 12.1 Å². The van der Waals surface area contributed by atoms with Crippen LogP contribution in [0.25, 0.3) is 0 Å².